The Kier molecular flexibility index (Phi) is 5.78. The minimum absolute atomic E-state index is 0.0277. The summed E-state index contributed by atoms with van der Waals surface area (Å²) in [5, 5.41) is 3.30. The Hall–Kier alpha value is -1.54. The summed E-state index contributed by atoms with van der Waals surface area (Å²) in [4.78, 5) is 22.0. The molecule has 2 aromatic rings. The van der Waals surface area contributed by atoms with E-state index in [1.54, 1.807) is 6.07 Å². The standard InChI is InChI=1S/C16H17F2N3OS2/c17-15(18)24-14-10(6-5-9-19-14)13(22)21-16-20-11-7-3-1-2-4-8-12(11)23-16/h5-6,9,15H,1-4,7-8H2,(H,20,21,22). The maximum Gasteiger partial charge on any atom is 0.290 e. The van der Waals surface area contributed by atoms with Crippen molar-refractivity contribution >= 4 is 34.1 Å². The number of alkyl halides is 2. The van der Waals surface area contributed by atoms with Crippen LogP contribution in [0.2, 0.25) is 0 Å². The molecule has 0 saturated carbocycles. The highest BCUT2D eigenvalue weighted by Gasteiger charge is 2.19. The molecule has 1 N–H and O–H groups in total. The zero-order valence-electron chi connectivity index (χ0n) is 12.9. The molecule has 0 aliphatic heterocycles. The number of hydrogen-bond donors (Lipinski definition) is 1. The van der Waals surface area contributed by atoms with Crippen LogP contribution in [-0.2, 0) is 12.8 Å². The molecule has 0 unspecified atom stereocenters. The Balaban J connectivity index is 1.77. The lowest BCUT2D eigenvalue weighted by Gasteiger charge is -2.06. The molecule has 0 spiro atoms. The topological polar surface area (TPSA) is 54.9 Å². The minimum Gasteiger partial charge on any atom is -0.298 e. The van der Waals surface area contributed by atoms with Crippen LogP contribution in [-0.4, -0.2) is 21.6 Å². The normalized spacial score (nSPS) is 14.8. The lowest BCUT2D eigenvalue weighted by atomic mass is 10.0. The van der Waals surface area contributed by atoms with Gasteiger partial charge >= 0.3 is 0 Å². The Morgan fingerprint density at radius 2 is 2.04 bits per heavy atom. The molecule has 8 heteroatoms. The van der Waals surface area contributed by atoms with E-state index in [-0.39, 0.29) is 22.4 Å². The lowest BCUT2D eigenvalue weighted by molar-refractivity contribution is 0.102. The van der Waals surface area contributed by atoms with Gasteiger partial charge in [-0.3, -0.25) is 10.1 Å². The average Bonchev–Trinajstić information content (AvgIpc) is 2.88. The van der Waals surface area contributed by atoms with E-state index in [0.717, 1.165) is 31.4 Å². The number of amides is 1. The largest absolute Gasteiger partial charge is 0.298 e. The molecular weight excluding hydrogens is 352 g/mol. The van der Waals surface area contributed by atoms with Crippen LogP contribution in [0.4, 0.5) is 13.9 Å². The minimum atomic E-state index is -2.62. The molecule has 0 bridgehead atoms. The highest BCUT2D eigenvalue weighted by atomic mass is 32.2. The Morgan fingerprint density at radius 1 is 1.25 bits per heavy atom. The van der Waals surface area contributed by atoms with E-state index in [0.29, 0.717) is 5.13 Å². The molecule has 0 fully saturated rings. The smallest absolute Gasteiger partial charge is 0.290 e. The number of nitrogens with zero attached hydrogens (tertiary/aromatic N) is 2. The number of hydrogen-bond acceptors (Lipinski definition) is 5. The average molecular weight is 369 g/mol. The van der Waals surface area contributed by atoms with Crippen molar-refractivity contribution in [2.45, 2.75) is 49.3 Å². The number of carbonyl (C=O) groups excluding carboxylic acids is 1. The number of anilines is 1. The van der Waals surface area contributed by atoms with E-state index in [1.165, 1.54) is 41.3 Å². The SMILES string of the molecule is O=C(Nc1nc2c(s1)CCCCCC2)c1cccnc1SC(F)F. The summed E-state index contributed by atoms with van der Waals surface area (Å²) in [6.07, 6.45) is 8.01. The number of fused-ring (bicyclic) bond motifs is 1. The molecular formula is C16H17F2N3OS2. The molecule has 1 aliphatic carbocycles. The molecule has 0 atom stereocenters. The maximum atomic E-state index is 12.6. The van der Waals surface area contributed by atoms with E-state index in [1.807, 2.05) is 0 Å². The van der Waals surface area contributed by atoms with Gasteiger partial charge in [-0.2, -0.15) is 8.78 Å². The van der Waals surface area contributed by atoms with E-state index in [4.69, 9.17) is 0 Å². The fourth-order valence-corrected chi connectivity index (χ4v) is 4.29. The first-order valence-corrected chi connectivity index (χ1v) is 9.53. The van der Waals surface area contributed by atoms with E-state index < -0.39 is 11.7 Å². The molecule has 0 aromatic carbocycles. The second-order valence-corrected chi connectivity index (χ2v) is 7.55. The van der Waals surface area contributed by atoms with Crippen molar-refractivity contribution in [2.24, 2.45) is 0 Å². The van der Waals surface area contributed by atoms with Crippen LogP contribution in [0.3, 0.4) is 0 Å². The van der Waals surface area contributed by atoms with Crippen molar-refractivity contribution in [3.63, 3.8) is 0 Å². The fourth-order valence-electron chi connectivity index (χ4n) is 2.67. The quantitative estimate of drug-likeness (QED) is 0.789. The number of pyridine rings is 1. The van der Waals surface area contributed by atoms with Gasteiger partial charge in [0.15, 0.2) is 5.13 Å². The highest BCUT2D eigenvalue weighted by Crippen LogP contribution is 2.30. The molecule has 1 amide bonds. The summed E-state index contributed by atoms with van der Waals surface area (Å²) in [5.74, 6) is -3.07. The number of aryl methyl sites for hydroxylation is 2. The van der Waals surface area contributed by atoms with Crippen LogP contribution in [0.5, 0.6) is 0 Å². The molecule has 2 aromatic heterocycles. The van der Waals surface area contributed by atoms with Crippen molar-refractivity contribution in [1.29, 1.82) is 0 Å². The second kappa shape index (κ2) is 8.02. The molecule has 24 heavy (non-hydrogen) atoms. The summed E-state index contributed by atoms with van der Waals surface area (Å²) >= 11 is 1.76. The van der Waals surface area contributed by atoms with Crippen molar-refractivity contribution in [3.05, 3.63) is 34.5 Å². The van der Waals surface area contributed by atoms with Crippen LogP contribution in [0.15, 0.2) is 23.4 Å². The molecule has 2 heterocycles. The van der Waals surface area contributed by atoms with Crippen LogP contribution in [0, 0.1) is 0 Å². The summed E-state index contributed by atoms with van der Waals surface area (Å²) < 4.78 is 25.2. The molecule has 128 valence electrons. The van der Waals surface area contributed by atoms with Crippen molar-refractivity contribution in [3.8, 4) is 0 Å². The first-order valence-electron chi connectivity index (χ1n) is 7.83. The van der Waals surface area contributed by atoms with Gasteiger partial charge in [0.25, 0.3) is 11.7 Å². The number of carbonyl (C=O) groups is 1. The maximum absolute atomic E-state index is 12.6. The summed E-state index contributed by atoms with van der Waals surface area (Å²) in [6, 6.07) is 3.06. The lowest BCUT2D eigenvalue weighted by Crippen LogP contribution is -2.13. The van der Waals surface area contributed by atoms with Gasteiger partial charge in [0.1, 0.15) is 5.03 Å². The monoisotopic (exact) mass is 369 g/mol. The molecule has 4 nitrogen and oxygen atoms in total. The molecule has 0 saturated heterocycles. The Bertz CT molecular complexity index is 696. The first kappa shape index (κ1) is 17.3. The van der Waals surface area contributed by atoms with E-state index >= 15 is 0 Å². The van der Waals surface area contributed by atoms with Gasteiger partial charge in [-0.05, 0) is 49.6 Å². The number of thiazole rings is 1. The number of nitrogens with one attached hydrogen (secondary N) is 1. The first-order chi connectivity index (χ1) is 11.6. The number of halogens is 2. The third-order valence-electron chi connectivity index (χ3n) is 3.78. The van der Waals surface area contributed by atoms with Gasteiger partial charge < -0.3 is 0 Å². The molecule has 3 rings (SSSR count). The molecule has 0 radical (unpaired) electrons. The second-order valence-electron chi connectivity index (χ2n) is 5.49. The fraction of sp³-hybridized carbons (Fsp3) is 0.438. The third kappa shape index (κ3) is 4.30. The summed E-state index contributed by atoms with van der Waals surface area (Å²) in [5.41, 5.74) is 1.20. The predicted octanol–water partition coefficient (Wildman–Crippen LogP) is 4.76. The van der Waals surface area contributed by atoms with Crippen LogP contribution in [0.1, 0.15) is 46.6 Å². The van der Waals surface area contributed by atoms with Gasteiger partial charge in [-0.25, -0.2) is 9.97 Å². The highest BCUT2D eigenvalue weighted by molar-refractivity contribution is 7.99. The van der Waals surface area contributed by atoms with Crippen molar-refractivity contribution in [2.75, 3.05) is 5.32 Å². The number of rotatable bonds is 4. The zero-order chi connectivity index (χ0) is 16.9. The van der Waals surface area contributed by atoms with E-state index in [2.05, 4.69) is 15.3 Å². The van der Waals surface area contributed by atoms with Crippen LogP contribution < -0.4 is 5.32 Å². The summed E-state index contributed by atoms with van der Waals surface area (Å²) in [6.45, 7) is 0. The van der Waals surface area contributed by atoms with Gasteiger partial charge in [-0.15, -0.1) is 11.3 Å². The Morgan fingerprint density at radius 3 is 2.83 bits per heavy atom. The Labute approximate surface area is 147 Å². The van der Waals surface area contributed by atoms with Crippen molar-refractivity contribution < 1.29 is 13.6 Å². The summed E-state index contributed by atoms with van der Waals surface area (Å²) in [7, 11) is 0. The third-order valence-corrected chi connectivity index (χ3v) is 5.58. The van der Waals surface area contributed by atoms with Gasteiger partial charge in [0.2, 0.25) is 0 Å². The van der Waals surface area contributed by atoms with Gasteiger partial charge in [0, 0.05) is 11.1 Å². The van der Waals surface area contributed by atoms with Crippen LogP contribution in [0.25, 0.3) is 0 Å². The van der Waals surface area contributed by atoms with Gasteiger partial charge in [-0.1, -0.05) is 12.8 Å². The van der Waals surface area contributed by atoms with Crippen molar-refractivity contribution in [1.82, 2.24) is 9.97 Å². The predicted molar refractivity (Wildman–Crippen MR) is 92.0 cm³/mol. The van der Waals surface area contributed by atoms with Crippen LogP contribution >= 0.6 is 23.1 Å². The molecule has 1 aliphatic rings. The number of thioether (sulfide) groups is 1. The van der Waals surface area contributed by atoms with Gasteiger partial charge in [0.05, 0.1) is 11.3 Å². The zero-order valence-corrected chi connectivity index (χ0v) is 14.6. The number of aromatic nitrogens is 2. The van der Waals surface area contributed by atoms with E-state index in [9.17, 15) is 13.6 Å².